The first kappa shape index (κ1) is 14.2. The predicted molar refractivity (Wildman–Crippen MR) is 75.4 cm³/mol. The normalized spacial score (nSPS) is 17.6. The van der Waals surface area contributed by atoms with Gasteiger partial charge in [-0.15, -0.1) is 0 Å². The number of hydrogen-bond donors (Lipinski definition) is 1. The molecule has 1 aromatic heterocycles. The van der Waals surface area contributed by atoms with Gasteiger partial charge < -0.3 is 5.32 Å². The van der Waals surface area contributed by atoms with E-state index in [1.807, 2.05) is 24.6 Å². The van der Waals surface area contributed by atoms with Crippen molar-refractivity contribution in [1.82, 2.24) is 20.0 Å². The first-order valence-corrected chi connectivity index (χ1v) is 7.09. The maximum atomic E-state index is 12.8. The highest BCUT2D eigenvalue weighted by Crippen LogP contribution is 2.21. The lowest BCUT2D eigenvalue weighted by Gasteiger charge is -2.39. The average molecular weight is 264 g/mol. The SMILES string of the molecule is CCCn1nccc1C(=O)C(C)(C)N1CCNCC1. The molecule has 1 N–H and O–H groups in total. The second-order valence-corrected chi connectivity index (χ2v) is 5.56. The molecule has 0 aromatic carbocycles. The van der Waals surface area contributed by atoms with Crippen molar-refractivity contribution >= 4 is 5.78 Å². The molecule has 0 aliphatic carbocycles. The first-order chi connectivity index (χ1) is 9.07. The maximum absolute atomic E-state index is 12.8. The van der Waals surface area contributed by atoms with Crippen LogP contribution in [0, 0.1) is 0 Å². The first-order valence-electron chi connectivity index (χ1n) is 7.09. The van der Waals surface area contributed by atoms with Gasteiger partial charge in [0.05, 0.1) is 5.54 Å². The largest absolute Gasteiger partial charge is 0.314 e. The van der Waals surface area contributed by atoms with Gasteiger partial charge in [-0.25, -0.2) is 0 Å². The monoisotopic (exact) mass is 264 g/mol. The van der Waals surface area contributed by atoms with Crippen LogP contribution in [0.25, 0.3) is 0 Å². The van der Waals surface area contributed by atoms with Gasteiger partial charge in [0.15, 0.2) is 5.78 Å². The minimum atomic E-state index is -0.465. The van der Waals surface area contributed by atoms with Crippen LogP contribution in [0.2, 0.25) is 0 Å². The summed E-state index contributed by atoms with van der Waals surface area (Å²) < 4.78 is 1.83. The van der Waals surface area contributed by atoms with Gasteiger partial charge in [-0.3, -0.25) is 14.4 Å². The van der Waals surface area contributed by atoms with Crippen LogP contribution in [0.1, 0.15) is 37.7 Å². The number of aromatic nitrogens is 2. The summed E-state index contributed by atoms with van der Waals surface area (Å²) in [5.74, 6) is 0.167. The van der Waals surface area contributed by atoms with Crippen LogP contribution in [0.5, 0.6) is 0 Å². The highest BCUT2D eigenvalue weighted by atomic mass is 16.1. The van der Waals surface area contributed by atoms with E-state index in [-0.39, 0.29) is 5.78 Å². The third-order valence-corrected chi connectivity index (χ3v) is 3.85. The van der Waals surface area contributed by atoms with Crippen LogP contribution < -0.4 is 5.32 Å². The molecule has 0 atom stereocenters. The molecule has 0 unspecified atom stereocenters. The molecule has 5 nitrogen and oxygen atoms in total. The van der Waals surface area contributed by atoms with Crippen molar-refractivity contribution in [2.45, 2.75) is 39.3 Å². The molecule has 1 aromatic rings. The molecule has 5 heteroatoms. The zero-order valence-corrected chi connectivity index (χ0v) is 12.1. The highest BCUT2D eigenvalue weighted by Gasteiger charge is 2.37. The summed E-state index contributed by atoms with van der Waals surface area (Å²) in [5.41, 5.74) is 0.263. The second kappa shape index (κ2) is 5.84. The number of rotatable bonds is 5. The van der Waals surface area contributed by atoms with E-state index >= 15 is 0 Å². The Morgan fingerprint density at radius 3 is 2.74 bits per heavy atom. The number of Topliss-reactive ketones (excluding diaryl/α,β-unsaturated/α-hetero) is 1. The van der Waals surface area contributed by atoms with Crippen molar-refractivity contribution in [3.05, 3.63) is 18.0 Å². The molecule has 0 radical (unpaired) electrons. The quantitative estimate of drug-likeness (QED) is 0.811. The highest BCUT2D eigenvalue weighted by molar-refractivity contribution is 6.01. The minimum Gasteiger partial charge on any atom is -0.314 e. The van der Waals surface area contributed by atoms with Gasteiger partial charge >= 0.3 is 0 Å². The number of nitrogens with one attached hydrogen (secondary N) is 1. The fourth-order valence-electron chi connectivity index (χ4n) is 2.60. The Morgan fingerprint density at radius 2 is 2.11 bits per heavy atom. The van der Waals surface area contributed by atoms with Crippen LogP contribution in [0.3, 0.4) is 0 Å². The summed E-state index contributed by atoms with van der Waals surface area (Å²) in [7, 11) is 0. The topological polar surface area (TPSA) is 50.2 Å². The van der Waals surface area contributed by atoms with Gasteiger partial charge in [0, 0.05) is 38.9 Å². The second-order valence-electron chi connectivity index (χ2n) is 5.56. The standard InChI is InChI=1S/C14H24N4O/c1-4-9-18-12(5-6-16-18)13(19)14(2,3)17-10-7-15-8-11-17/h5-6,15H,4,7-11H2,1-3H3. The summed E-state index contributed by atoms with van der Waals surface area (Å²) in [4.78, 5) is 15.1. The summed E-state index contributed by atoms with van der Waals surface area (Å²) in [5, 5.41) is 7.57. The Kier molecular flexibility index (Phi) is 4.37. The molecule has 1 saturated heterocycles. The van der Waals surface area contributed by atoms with Crippen LogP contribution >= 0.6 is 0 Å². The third kappa shape index (κ3) is 2.87. The van der Waals surface area contributed by atoms with E-state index in [0.29, 0.717) is 0 Å². The van der Waals surface area contributed by atoms with Crippen molar-refractivity contribution in [1.29, 1.82) is 0 Å². The molecule has 2 heterocycles. The summed E-state index contributed by atoms with van der Waals surface area (Å²) in [6.45, 7) is 10.7. The number of aryl methyl sites for hydroxylation is 1. The van der Waals surface area contributed by atoms with Gasteiger partial charge in [0.2, 0.25) is 0 Å². The number of nitrogens with zero attached hydrogens (tertiary/aromatic N) is 3. The molecule has 0 saturated carbocycles. The number of carbonyl (C=O) groups is 1. The van der Waals surface area contributed by atoms with Crippen molar-refractivity contribution < 1.29 is 4.79 Å². The molecule has 0 bridgehead atoms. The Labute approximate surface area is 115 Å². The van der Waals surface area contributed by atoms with Crippen molar-refractivity contribution in [2.24, 2.45) is 0 Å². The van der Waals surface area contributed by atoms with E-state index in [9.17, 15) is 4.79 Å². The minimum absolute atomic E-state index is 0.167. The zero-order chi connectivity index (χ0) is 13.9. The Hall–Kier alpha value is -1.20. The molecule has 19 heavy (non-hydrogen) atoms. The van der Waals surface area contributed by atoms with Crippen LogP contribution in [-0.2, 0) is 6.54 Å². The van der Waals surface area contributed by atoms with Crippen molar-refractivity contribution in [3.8, 4) is 0 Å². The van der Waals surface area contributed by atoms with E-state index in [0.717, 1.165) is 44.8 Å². The molecule has 0 spiro atoms. The number of ketones is 1. The molecule has 2 rings (SSSR count). The summed E-state index contributed by atoms with van der Waals surface area (Å²) in [6.07, 6.45) is 2.70. The Bertz CT molecular complexity index is 432. The molecule has 0 amide bonds. The predicted octanol–water partition coefficient (Wildman–Crippen LogP) is 1.16. The third-order valence-electron chi connectivity index (χ3n) is 3.85. The molecular weight excluding hydrogens is 240 g/mol. The lowest BCUT2D eigenvalue weighted by atomic mass is 9.93. The van der Waals surface area contributed by atoms with Crippen molar-refractivity contribution in [2.75, 3.05) is 26.2 Å². The van der Waals surface area contributed by atoms with Crippen LogP contribution in [-0.4, -0.2) is 52.2 Å². The number of piperazine rings is 1. The van der Waals surface area contributed by atoms with E-state index in [1.54, 1.807) is 6.20 Å². The summed E-state index contributed by atoms with van der Waals surface area (Å²) in [6, 6.07) is 1.84. The lowest BCUT2D eigenvalue weighted by molar-refractivity contribution is 0.0591. The molecule has 1 fully saturated rings. The number of hydrogen-bond acceptors (Lipinski definition) is 4. The Morgan fingerprint density at radius 1 is 1.42 bits per heavy atom. The summed E-state index contributed by atoms with van der Waals surface area (Å²) >= 11 is 0. The molecule has 1 aliphatic rings. The van der Waals surface area contributed by atoms with Crippen LogP contribution in [0.15, 0.2) is 12.3 Å². The Balaban J connectivity index is 2.18. The van der Waals surface area contributed by atoms with Crippen LogP contribution in [0.4, 0.5) is 0 Å². The van der Waals surface area contributed by atoms with Crippen molar-refractivity contribution in [3.63, 3.8) is 0 Å². The van der Waals surface area contributed by atoms with E-state index in [2.05, 4.69) is 22.2 Å². The van der Waals surface area contributed by atoms with Gasteiger partial charge in [0.25, 0.3) is 0 Å². The maximum Gasteiger partial charge on any atom is 0.200 e. The van der Waals surface area contributed by atoms with E-state index < -0.39 is 5.54 Å². The smallest absolute Gasteiger partial charge is 0.200 e. The van der Waals surface area contributed by atoms with E-state index in [1.165, 1.54) is 0 Å². The van der Waals surface area contributed by atoms with Gasteiger partial charge in [0.1, 0.15) is 5.69 Å². The van der Waals surface area contributed by atoms with Gasteiger partial charge in [-0.2, -0.15) is 5.10 Å². The van der Waals surface area contributed by atoms with Gasteiger partial charge in [-0.1, -0.05) is 6.92 Å². The van der Waals surface area contributed by atoms with E-state index in [4.69, 9.17) is 0 Å². The lowest BCUT2D eigenvalue weighted by Crippen LogP contribution is -2.57. The fourth-order valence-corrected chi connectivity index (χ4v) is 2.60. The zero-order valence-electron chi connectivity index (χ0n) is 12.1. The average Bonchev–Trinajstić information content (AvgIpc) is 2.87. The molecule has 1 aliphatic heterocycles. The molecular formula is C14H24N4O. The fraction of sp³-hybridized carbons (Fsp3) is 0.714. The molecule has 106 valence electrons. The van der Waals surface area contributed by atoms with Gasteiger partial charge in [-0.05, 0) is 26.3 Å². The number of carbonyl (C=O) groups excluding carboxylic acids is 1.